The minimum atomic E-state index is -1.79. The molecule has 0 bridgehead atoms. The largest absolute Gasteiger partial charge is 0.407 e. The van der Waals surface area contributed by atoms with Gasteiger partial charge in [-0.1, -0.05) is 34.1 Å². The van der Waals surface area contributed by atoms with E-state index in [2.05, 4.69) is 66.7 Å². The van der Waals surface area contributed by atoms with Crippen molar-refractivity contribution in [3.8, 4) is 0 Å². The summed E-state index contributed by atoms with van der Waals surface area (Å²) in [6.07, 6.45) is 5.63. The molecular formula is C14H25BrN2OSi. The molecule has 3 nitrogen and oxygen atoms in total. The fraction of sp³-hybridized carbons (Fsp3) is 0.714. The Hall–Kier alpha value is -0.263. The highest BCUT2D eigenvalue weighted by Gasteiger charge is 2.39. The van der Waals surface area contributed by atoms with Crippen LogP contribution < -0.4 is 0 Å². The van der Waals surface area contributed by atoms with Crippen LogP contribution in [-0.2, 0) is 4.43 Å². The second kappa shape index (κ2) is 6.46. The number of nitrogens with zero attached hydrogens (tertiary/aromatic N) is 2. The van der Waals surface area contributed by atoms with Crippen LogP contribution in [0, 0.1) is 0 Å². The molecule has 0 spiro atoms. The van der Waals surface area contributed by atoms with Crippen molar-refractivity contribution in [1.82, 2.24) is 9.97 Å². The molecule has 0 amide bonds. The van der Waals surface area contributed by atoms with E-state index < -0.39 is 8.32 Å². The average molecular weight is 345 g/mol. The van der Waals surface area contributed by atoms with Crippen LogP contribution in [0.25, 0.3) is 0 Å². The molecule has 0 saturated carbocycles. The minimum Gasteiger partial charge on any atom is -0.407 e. The fourth-order valence-electron chi connectivity index (χ4n) is 1.52. The first kappa shape index (κ1) is 16.8. The third-order valence-electron chi connectivity index (χ3n) is 3.72. The van der Waals surface area contributed by atoms with Gasteiger partial charge < -0.3 is 4.43 Å². The Bertz CT molecular complexity index is 401. The molecule has 0 aliphatic rings. The first-order valence-electron chi connectivity index (χ1n) is 6.82. The van der Waals surface area contributed by atoms with Crippen LogP contribution in [0.1, 0.15) is 52.5 Å². The topological polar surface area (TPSA) is 35.0 Å². The number of hydrogen-bond acceptors (Lipinski definition) is 3. The normalized spacial score (nSPS) is 14.5. The van der Waals surface area contributed by atoms with E-state index in [0.29, 0.717) is 0 Å². The number of aromatic nitrogens is 2. The molecule has 5 heteroatoms. The standard InChI is InChI=1S/C14H25BrN2OSi/c1-7-8-12(13-16-9-11(15)10-17-13)18-19(5,6)14(2,3)4/h9-10,12H,7-8H2,1-6H3. The Morgan fingerprint density at radius 3 is 2.21 bits per heavy atom. The second-order valence-electron chi connectivity index (χ2n) is 6.41. The van der Waals surface area contributed by atoms with Crippen molar-refractivity contribution in [3.63, 3.8) is 0 Å². The predicted octanol–water partition coefficient (Wildman–Crippen LogP) is 5.10. The lowest BCUT2D eigenvalue weighted by Crippen LogP contribution is -2.42. The second-order valence-corrected chi connectivity index (χ2v) is 12.1. The highest BCUT2D eigenvalue weighted by atomic mass is 79.9. The molecule has 0 fully saturated rings. The van der Waals surface area contributed by atoms with Crippen LogP contribution in [0.15, 0.2) is 16.9 Å². The van der Waals surface area contributed by atoms with Crippen molar-refractivity contribution in [2.24, 2.45) is 0 Å². The maximum atomic E-state index is 6.47. The van der Waals surface area contributed by atoms with Crippen molar-refractivity contribution in [1.29, 1.82) is 0 Å². The molecule has 0 saturated heterocycles. The monoisotopic (exact) mass is 344 g/mol. The van der Waals surface area contributed by atoms with E-state index >= 15 is 0 Å². The molecule has 1 unspecified atom stereocenters. The van der Waals surface area contributed by atoms with Gasteiger partial charge in [0.2, 0.25) is 0 Å². The van der Waals surface area contributed by atoms with Crippen LogP contribution in [0.5, 0.6) is 0 Å². The zero-order valence-corrected chi connectivity index (χ0v) is 15.4. The Morgan fingerprint density at radius 2 is 1.79 bits per heavy atom. The van der Waals surface area contributed by atoms with Crippen molar-refractivity contribution < 1.29 is 4.43 Å². The lowest BCUT2D eigenvalue weighted by Gasteiger charge is -2.38. The molecule has 1 aromatic heterocycles. The van der Waals surface area contributed by atoms with Gasteiger partial charge in [0, 0.05) is 12.4 Å². The molecular weight excluding hydrogens is 320 g/mol. The van der Waals surface area contributed by atoms with Crippen LogP contribution in [0.4, 0.5) is 0 Å². The lowest BCUT2D eigenvalue weighted by atomic mass is 10.2. The molecule has 19 heavy (non-hydrogen) atoms. The average Bonchev–Trinajstić information content (AvgIpc) is 2.27. The van der Waals surface area contributed by atoms with Gasteiger partial charge in [-0.05, 0) is 40.5 Å². The number of halogens is 1. The molecule has 0 aromatic carbocycles. The quantitative estimate of drug-likeness (QED) is 0.696. The molecule has 1 heterocycles. The molecule has 1 aromatic rings. The Labute approximate surface area is 126 Å². The summed E-state index contributed by atoms with van der Waals surface area (Å²) in [6, 6.07) is 0. The number of rotatable bonds is 5. The molecule has 0 aliphatic carbocycles. The Kier molecular flexibility index (Phi) is 5.71. The van der Waals surface area contributed by atoms with E-state index in [1.54, 1.807) is 12.4 Å². The Morgan fingerprint density at radius 1 is 1.26 bits per heavy atom. The van der Waals surface area contributed by atoms with Crippen LogP contribution in [0.3, 0.4) is 0 Å². The summed E-state index contributed by atoms with van der Waals surface area (Å²) in [4.78, 5) is 8.81. The summed E-state index contributed by atoms with van der Waals surface area (Å²) in [5, 5.41) is 0.203. The third-order valence-corrected chi connectivity index (χ3v) is 8.62. The van der Waals surface area contributed by atoms with Gasteiger partial charge in [0.15, 0.2) is 14.1 Å². The van der Waals surface area contributed by atoms with Gasteiger partial charge in [-0.3, -0.25) is 0 Å². The van der Waals surface area contributed by atoms with Gasteiger partial charge in [-0.2, -0.15) is 0 Å². The van der Waals surface area contributed by atoms with E-state index in [-0.39, 0.29) is 11.1 Å². The van der Waals surface area contributed by atoms with E-state index in [4.69, 9.17) is 4.43 Å². The van der Waals surface area contributed by atoms with Gasteiger partial charge in [-0.15, -0.1) is 0 Å². The summed E-state index contributed by atoms with van der Waals surface area (Å²) < 4.78 is 7.37. The van der Waals surface area contributed by atoms with Gasteiger partial charge in [0.25, 0.3) is 0 Å². The van der Waals surface area contributed by atoms with E-state index in [0.717, 1.165) is 23.1 Å². The molecule has 0 N–H and O–H groups in total. The predicted molar refractivity (Wildman–Crippen MR) is 85.7 cm³/mol. The molecule has 1 rings (SSSR count). The van der Waals surface area contributed by atoms with Crippen LogP contribution in [0.2, 0.25) is 18.1 Å². The van der Waals surface area contributed by atoms with E-state index in [1.807, 2.05) is 0 Å². The fourth-order valence-corrected chi connectivity index (χ4v) is 3.02. The van der Waals surface area contributed by atoms with Crippen molar-refractivity contribution >= 4 is 24.2 Å². The van der Waals surface area contributed by atoms with E-state index in [9.17, 15) is 0 Å². The highest BCUT2D eigenvalue weighted by Crippen LogP contribution is 2.40. The first-order chi connectivity index (χ1) is 8.67. The van der Waals surface area contributed by atoms with Gasteiger partial charge in [-0.25, -0.2) is 9.97 Å². The van der Waals surface area contributed by atoms with E-state index in [1.165, 1.54) is 0 Å². The number of hydrogen-bond donors (Lipinski definition) is 0. The van der Waals surface area contributed by atoms with Crippen LogP contribution >= 0.6 is 15.9 Å². The molecule has 0 aliphatic heterocycles. The molecule has 0 radical (unpaired) electrons. The summed E-state index contributed by atoms with van der Waals surface area (Å²) in [6.45, 7) is 13.5. The van der Waals surface area contributed by atoms with Gasteiger partial charge >= 0.3 is 0 Å². The molecule has 108 valence electrons. The zero-order chi connectivity index (χ0) is 14.7. The maximum Gasteiger partial charge on any atom is 0.193 e. The minimum absolute atomic E-state index is 0.0130. The van der Waals surface area contributed by atoms with Crippen molar-refractivity contribution in [2.75, 3.05) is 0 Å². The summed E-state index contributed by atoms with van der Waals surface area (Å²) in [5.41, 5.74) is 0. The maximum absolute atomic E-state index is 6.47. The smallest absolute Gasteiger partial charge is 0.193 e. The summed E-state index contributed by atoms with van der Waals surface area (Å²) in [5.74, 6) is 0.801. The molecule has 1 atom stereocenters. The third kappa shape index (κ3) is 4.65. The van der Waals surface area contributed by atoms with Crippen LogP contribution in [-0.4, -0.2) is 18.3 Å². The Balaban J connectivity index is 2.93. The highest BCUT2D eigenvalue weighted by molar-refractivity contribution is 9.10. The summed E-state index contributed by atoms with van der Waals surface area (Å²) >= 11 is 3.37. The lowest BCUT2D eigenvalue weighted by molar-refractivity contribution is 0.163. The summed E-state index contributed by atoms with van der Waals surface area (Å²) in [7, 11) is -1.79. The zero-order valence-electron chi connectivity index (χ0n) is 12.8. The SMILES string of the molecule is CCCC(O[Si](C)(C)C(C)(C)C)c1ncc(Br)cn1. The van der Waals surface area contributed by atoms with Crippen molar-refractivity contribution in [3.05, 3.63) is 22.7 Å². The van der Waals surface area contributed by atoms with Crippen molar-refractivity contribution in [2.45, 2.75) is 64.8 Å². The van der Waals surface area contributed by atoms with Gasteiger partial charge in [0.05, 0.1) is 4.47 Å². The van der Waals surface area contributed by atoms with Gasteiger partial charge in [0.1, 0.15) is 6.10 Å². The first-order valence-corrected chi connectivity index (χ1v) is 10.5.